The van der Waals surface area contributed by atoms with Crippen molar-refractivity contribution in [2.45, 2.75) is 70.6 Å². The number of rotatable bonds is 12. The molecule has 3 rings (SSSR count). The minimum absolute atomic E-state index is 0.0275. The molecule has 0 radical (unpaired) electrons. The molecule has 1 saturated heterocycles. The van der Waals surface area contributed by atoms with Gasteiger partial charge in [0.15, 0.2) is 0 Å². The number of aliphatic carboxylic acids is 1. The van der Waals surface area contributed by atoms with Crippen LogP contribution in [0.3, 0.4) is 0 Å². The Morgan fingerprint density at radius 3 is 2.79 bits per heavy atom. The Morgan fingerprint density at radius 2 is 2.09 bits per heavy atom. The van der Waals surface area contributed by atoms with E-state index in [0.717, 1.165) is 42.0 Å². The van der Waals surface area contributed by atoms with Crippen LogP contribution in [0.5, 0.6) is 0 Å². The van der Waals surface area contributed by atoms with Crippen LogP contribution in [0.25, 0.3) is 0 Å². The molecule has 1 aliphatic heterocycles. The Morgan fingerprint density at radius 1 is 1.29 bits per heavy atom. The minimum Gasteiger partial charge on any atom is -0.481 e. The van der Waals surface area contributed by atoms with E-state index in [1.54, 1.807) is 6.07 Å². The maximum absolute atomic E-state index is 13.9. The smallest absolute Gasteiger partial charge is 0.303 e. The van der Waals surface area contributed by atoms with Gasteiger partial charge in [-0.1, -0.05) is 36.7 Å². The first-order valence-electron chi connectivity index (χ1n) is 12.1. The van der Waals surface area contributed by atoms with Crippen LogP contribution in [0.1, 0.15) is 61.0 Å². The van der Waals surface area contributed by atoms with E-state index in [1.807, 2.05) is 26.0 Å². The Labute approximate surface area is 206 Å². The molecule has 0 amide bonds. The zero-order valence-corrected chi connectivity index (χ0v) is 20.7. The highest BCUT2D eigenvalue weighted by Gasteiger charge is 2.27. The molecule has 0 aromatic heterocycles. The maximum Gasteiger partial charge on any atom is 0.303 e. The van der Waals surface area contributed by atoms with Crippen molar-refractivity contribution in [3.05, 3.63) is 69.5 Å². The number of halogens is 2. The molecule has 2 N–H and O–H groups in total. The third-order valence-corrected chi connectivity index (χ3v) is 6.98. The number of benzene rings is 2. The van der Waals surface area contributed by atoms with E-state index < -0.39 is 18.2 Å². The highest BCUT2D eigenvalue weighted by molar-refractivity contribution is 6.31. The number of hydrogen-bond donors (Lipinski definition) is 2. The fraction of sp³-hybridized carbons (Fsp3) is 0.519. The molecule has 0 saturated carbocycles. The molecule has 2 aromatic carbocycles. The summed E-state index contributed by atoms with van der Waals surface area (Å²) in [5.41, 5.74) is 3.69. The lowest BCUT2D eigenvalue weighted by atomic mass is 9.97. The van der Waals surface area contributed by atoms with Crippen LogP contribution in [0, 0.1) is 12.7 Å². The number of β-amino-alcohol motifs (C(OH)–C–C–N with tert-alkyl or cyclic N) is 1. The van der Waals surface area contributed by atoms with Crippen molar-refractivity contribution in [1.29, 1.82) is 0 Å². The highest BCUT2D eigenvalue weighted by Crippen LogP contribution is 2.28. The van der Waals surface area contributed by atoms with Crippen LogP contribution in [0.2, 0.25) is 5.02 Å². The molecule has 0 bridgehead atoms. The molecule has 1 heterocycles. The molecule has 0 spiro atoms. The van der Waals surface area contributed by atoms with E-state index in [9.17, 15) is 14.3 Å². The second-order valence-electron chi connectivity index (χ2n) is 9.20. The summed E-state index contributed by atoms with van der Waals surface area (Å²) in [4.78, 5) is 13.3. The summed E-state index contributed by atoms with van der Waals surface area (Å²) < 4.78 is 20.0. The van der Waals surface area contributed by atoms with Gasteiger partial charge in [0.05, 0.1) is 18.8 Å². The van der Waals surface area contributed by atoms with E-state index in [4.69, 9.17) is 21.4 Å². The molecular formula is C27H35ClFNO4. The topological polar surface area (TPSA) is 70.0 Å². The number of aliphatic hydroxyl groups is 1. The van der Waals surface area contributed by atoms with Crippen molar-refractivity contribution in [2.75, 3.05) is 19.7 Å². The van der Waals surface area contributed by atoms with Gasteiger partial charge in [0.2, 0.25) is 0 Å². The van der Waals surface area contributed by atoms with Crippen LogP contribution in [-0.2, 0) is 22.4 Å². The molecule has 34 heavy (non-hydrogen) atoms. The van der Waals surface area contributed by atoms with Gasteiger partial charge >= 0.3 is 5.97 Å². The molecule has 0 unspecified atom stereocenters. The molecule has 1 fully saturated rings. The maximum atomic E-state index is 13.9. The summed E-state index contributed by atoms with van der Waals surface area (Å²) in [6, 6.07) is 10.9. The Balaban J connectivity index is 1.57. The van der Waals surface area contributed by atoms with Crippen LogP contribution in [0.15, 0.2) is 36.4 Å². The van der Waals surface area contributed by atoms with Crippen molar-refractivity contribution >= 4 is 17.6 Å². The van der Waals surface area contributed by atoms with E-state index in [0.29, 0.717) is 31.0 Å². The van der Waals surface area contributed by atoms with Crippen molar-refractivity contribution in [2.24, 2.45) is 0 Å². The Hall–Kier alpha value is -1.99. The van der Waals surface area contributed by atoms with E-state index >= 15 is 0 Å². The summed E-state index contributed by atoms with van der Waals surface area (Å²) in [5.74, 6) is -1.28. The summed E-state index contributed by atoms with van der Waals surface area (Å²) in [6.45, 7) is 5.50. The monoisotopic (exact) mass is 491 g/mol. The number of aliphatic hydroxyl groups excluding tert-OH is 1. The molecule has 186 valence electrons. The van der Waals surface area contributed by atoms with Crippen LogP contribution >= 0.6 is 11.6 Å². The Bertz CT molecular complexity index is 970. The van der Waals surface area contributed by atoms with Crippen molar-refractivity contribution in [3.63, 3.8) is 0 Å². The molecule has 2 aromatic rings. The summed E-state index contributed by atoms with van der Waals surface area (Å²) in [7, 11) is 0. The normalized spacial score (nSPS) is 18.2. The third kappa shape index (κ3) is 7.51. The van der Waals surface area contributed by atoms with Crippen LogP contribution < -0.4 is 0 Å². The number of carboxylic acids is 1. The zero-order valence-electron chi connectivity index (χ0n) is 20.0. The predicted molar refractivity (Wildman–Crippen MR) is 132 cm³/mol. The highest BCUT2D eigenvalue weighted by atomic mass is 35.5. The number of carboxylic acid groups (broad SMARTS) is 1. The van der Waals surface area contributed by atoms with Gasteiger partial charge in [-0.25, -0.2) is 4.39 Å². The number of nitrogens with zero attached hydrogens (tertiary/aromatic N) is 1. The van der Waals surface area contributed by atoms with Crippen LogP contribution in [-0.4, -0.2) is 52.9 Å². The first-order chi connectivity index (χ1) is 16.3. The fourth-order valence-electron chi connectivity index (χ4n) is 4.72. The van der Waals surface area contributed by atoms with Gasteiger partial charge in [-0.05, 0) is 86.0 Å². The van der Waals surface area contributed by atoms with Gasteiger partial charge in [-0.15, -0.1) is 0 Å². The number of aryl methyl sites for hydroxylation is 2. The number of hydrogen-bond acceptors (Lipinski definition) is 4. The van der Waals surface area contributed by atoms with Gasteiger partial charge in [-0.2, -0.15) is 0 Å². The summed E-state index contributed by atoms with van der Waals surface area (Å²) >= 11 is 6.29. The standard InChI is InChI=1S/C27H35ClFNO4/c1-3-26(24-15-21(29)10-8-20(24)9-11-27(32)33)34-17-23(31)16-30-12-4-5-22(30)13-19-7-6-18(2)25(28)14-19/h6-8,10,14-15,22-23,26,31H,3-5,9,11-13,16-17H2,1-2H3,(H,32,33)/t22-,23+,26+/m0/s1. The van der Waals surface area contributed by atoms with Gasteiger partial charge in [0.1, 0.15) is 5.82 Å². The quantitative estimate of drug-likeness (QED) is 0.419. The lowest BCUT2D eigenvalue weighted by molar-refractivity contribution is -0.136. The molecule has 5 nitrogen and oxygen atoms in total. The second-order valence-corrected chi connectivity index (χ2v) is 9.61. The van der Waals surface area contributed by atoms with Crippen molar-refractivity contribution < 1.29 is 24.1 Å². The van der Waals surface area contributed by atoms with Gasteiger partial charge < -0.3 is 14.9 Å². The average Bonchev–Trinajstić information content (AvgIpc) is 3.22. The fourth-order valence-corrected chi connectivity index (χ4v) is 4.92. The Kier molecular flexibility index (Phi) is 9.89. The third-order valence-electron chi connectivity index (χ3n) is 6.58. The molecule has 1 aliphatic rings. The number of likely N-dealkylation sites (tertiary alicyclic amines) is 1. The largest absolute Gasteiger partial charge is 0.481 e. The molecular weight excluding hydrogens is 457 g/mol. The molecule has 0 aliphatic carbocycles. The van der Waals surface area contributed by atoms with E-state index in [1.165, 1.54) is 17.7 Å². The lowest BCUT2D eigenvalue weighted by Gasteiger charge is -2.28. The SMILES string of the molecule is CC[C@@H](OC[C@H](O)CN1CCC[C@H]1Cc1ccc(C)c(Cl)c1)c1cc(F)ccc1CCC(=O)O. The first kappa shape index (κ1) is 26.6. The lowest BCUT2D eigenvalue weighted by Crippen LogP contribution is -2.39. The molecule has 7 heteroatoms. The minimum atomic E-state index is -0.896. The van der Waals surface area contributed by atoms with E-state index in [2.05, 4.69) is 11.0 Å². The predicted octanol–water partition coefficient (Wildman–Crippen LogP) is 5.34. The van der Waals surface area contributed by atoms with E-state index in [-0.39, 0.29) is 18.8 Å². The average molecular weight is 492 g/mol. The summed E-state index contributed by atoms with van der Waals surface area (Å²) in [6.07, 6.45) is 2.86. The first-order valence-corrected chi connectivity index (χ1v) is 12.4. The van der Waals surface area contributed by atoms with Crippen molar-refractivity contribution in [3.8, 4) is 0 Å². The summed E-state index contributed by atoms with van der Waals surface area (Å²) in [5, 5.41) is 20.5. The number of carbonyl (C=O) groups is 1. The van der Waals surface area contributed by atoms with Gasteiger partial charge in [0.25, 0.3) is 0 Å². The molecule has 3 atom stereocenters. The van der Waals surface area contributed by atoms with Crippen LogP contribution in [0.4, 0.5) is 4.39 Å². The zero-order chi connectivity index (χ0) is 24.7. The van der Waals surface area contributed by atoms with Crippen molar-refractivity contribution in [1.82, 2.24) is 4.90 Å². The van der Waals surface area contributed by atoms with Gasteiger partial charge in [0, 0.05) is 24.0 Å². The second kappa shape index (κ2) is 12.6. The van der Waals surface area contributed by atoms with Gasteiger partial charge in [-0.3, -0.25) is 9.69 Å². The number of ether oxygens (including phenoxy) is 1.